The Hall–Kier alpha value is -1.55. The third-order valence-electron chi connectivity index (χ3n) is 3.07. The largest absolute Gasteiger partial charge is 0.490 e. The van der Waals surface area contributed by atoms with Crippen molar-refractivity contribution in [3.05, 3.63) is 29.8 Å². The minimum absolute atomic E-state index is 0.252. The molecule has 1 saturated heterocycles. The molecule has 0 atom stereocenters. The number of benzene rings is 1. The molecule has 1 aromatic carbocycles. The molecular weight excluding hydrogens is 218 g/mol. The summed E-state index contributed by atoms with van der Waals surface area (Å²) >= 11 is 0. The molecule has 0 radical (unpaired) electrons. The zero-order chi connectivity index (χ0) is 12.3. The normalized spacial score (nSPS) is 17.9. The lowest BCUT2D eigenvalue weighted by atomic mass is 10.1. The number of rotatable bonds is 3. The van der Waals surface area contributed by atoms with E-state index in [2.05, 4.69) is 11.9 Å². The molecule has 92 valence electrons. The van der Waals surface area contributed by atoms with Crippen molar-refractivity contribution in [3.8, 4) is 5.75 Å². The molecule has 0 amide bonds. The number of ether oxygens (including phenoxy) is 1. The van der Waals surface area contributed by atoms with Crippen LogP contribution in [0, 0.1) is 0 Å². The minimum Gasteiger partial charge on any atom is -0.490 e. The topological polar surface area (TPSA) is 49.8 Å². The van der Waals surface area contributed by atoms with Crippen LogP contribution in [0.2, 0.25) is 0 Å². The molecular formula is C13H17NO3. The SMILES string of the molecule is CN1CCC(Oc2ccc(C(=O)O)cc2)CC1. The third kappa shape index (κ3) is 3.20. The average molecular weight is 235 g/mol. The Morgan fingerprint density at radius 2 is 1.88 bits per heavy atom. The zero-order valence-corrected chi connectivity index (χ0v) is 9.93. The highest BCUT2D eigenvalue weighted by Crippen LogP contribution is 2.19. The van der Waals surface area contributed by atoms with Gasteiger partial charge in [-0.2, -0.15) is 0 Å². The fourth-order valence-corrected chi connectivity index (χ4v) is 1.97. The maximum absolute atomic E-state index is 10.7. The van der Waals surface area contributed by atoms with Crippen LogP contribution in [0.5, 0.6) is 5.75 Å². The molecule has 0 aromatic heterocycles. The van der Waals surface area contributed by atoms with E-state index < -0.39 is 5.97 Å². The van der Waals surface area contributed by atoms with E-state index in [-0.39, 0.29) is 6.10 Å². The van der Waals surface area contributed by atoms with E-state index in [1.807, 2.05) is 0 Å². The summed E-state index contributed by atoms with van der Waals surface area (Å²) in [5.74, 6) is -0.152. The van der Waals surface area contributed by atoms with Crippen LogP contribution >= 0.6 is 0 Å². The van der Waals surface area contributed by atoms with Crippen molar-refractivity contribution in [3.63, 3.8) is 0 Å². The second-order valence-corrected chi connectivity index (χ2v) is 4.45. The number of carbonyl (C=O) groups is 1. The number of aromatic carboxylic acids is 1. The molecule has 1 fully saturated rings. The smallest absolute Gasteiger partial charge is 0.335 e. The van der Waals surface area contributed by atoms with Crippen LogP contribution in [-0.2, 0) is 0 Å². The van der Waals surface area contributed by atoms with Gasteiger partial charge in [-0.1, -0.05) is 0 Å². The predicted octanol–water partition coefficient (Wildman–Crippen LogP) is 1.86. The van der Waals surface area contributed by atoms with Gasteiger partial charge in [0.1, 0.15) is 11.9 Å². The van der Waals surface area contributed by atoms with Crippen molar-refractivity contribution < 1.29 is 14.6 Å². The molecule has 0 aliphatic carbocycles. The van der Waals surface area contributed by atoms with Gasteiger partial charge in [-0.15, -0.1) is 0 Å². The first-order chi connectivity index (χ1) is 8.15. The van der Waals surface area contributed by atoms with E-state index in [9.17, 15) is 4.79 Å². The lowest BCUT2D eigenvalue weighted by Gasteiger charge is -2.29. The lowest BCUT2D eigenvalue weighted by molar-refractivity contribution is 0.0696. The van der Waals surface area contributed by atoms with Gasteiger partial charge in [0.05, 0.1) is 5.56 Å². The van der Waals surface area contributed by atoms with Gasteiger partial charge in [0, 0.05) is 13.1 Å². The summed E-state index contributed by atoms with van der Waals surface area (Å²) < 4.78 is 5.82. The highest BCUT2D eigenvalue weighted by molar-refractivity contribution is 5.87. The molecule has 0 spiro atoms. The summed E-state index contributed by atoms with van der Waals surface area (Å²) in [5.41, 5.74) is 0.292. The van der Waals surface area contributed by atoms with E-state index in [0.717, 1.165) is 31.7 Å². The summed E-state index contributed by atoms with van der Waals surface area (Å²) in [4.78, 5) is 13.0. The quantitative estimate of drug-likeness (QED) is 0.868. The summed E-state index contributed by atoms with van der Waals surface area (Å²) in [6.07, 6.45) is 2.30. The maximum Gasteiger partial charge on any atom is 0.335 e. The number of nitrogens with zero attached hydrogens (tertiary/aromatic N) is 1. The van der Waals surface area contributed by atoms with Gasteiger partial charge in [0.2, 0.25) is 0 Å². The summed E-state index contributed by atoms with van der Waals surface area (Å²) in [7, 11) is 2.11. The number of hydrogen-bond donors (Lipinski definition) is 1. The van der Waals surface area contributed by atoms with Crippen molar-refractivity contribution in [2.24, 2.45) is 0 Å². The lowest BCUT2D eigenvalue weighted by Crippen LogP contribution is -2.35. The van der Waals surface area contributed by atoms with E-state index in [1.54, 1.807) is 24.3 Å². The Bertz CT molecular complexity index is 380. The summed E-state index contributed by atoms with van der Waals surface area (Å²) in [6.45, 7) is 2.11. The second kappa shape index (κ2) is 5.19. The standard InChI is InChI=1S/C13H17NO3/c1-14-8-6-12(7-9-14)17-11-4-2-10(3-5-11)13(15)16/h2-5,12H,6-9H2,1H3,(H,15,16). The van der Waals surface area contributed by atoms with Crippen LogP contribution in [0.4, 0.5) is 0 Å². The monoisotopic (exact) mass is 235 g/mol. The molecule has 4 heteroatoms. The second-order valence-electron chi connectivity index (χ2n) is 4.45. The first-order valence-corrected chi connectivity index (χ1v) is 5.84. The van der Waals surface area contributed by atoms with Gasteiger partial charge in [-0.25, -0.2) is 4.79 Å². The molecule has 0 saturated carbocycles. The van der Waals surface area contributed by atoms with Crippen LogP contribution in [0.3, 0.4) is 0 Å². The number of carboxylic acid groups (broad SMARTS) is 1. The van der Waals surface area contributed by atoms with Crippen LogP contribution < -0.4 is 4.74 Å². The number of likely N-dealkylation sites (tertiary alicyclic amines) is 1. The number of piperidine rings is 1. The van der Waals surface area contributed by atoms with Crippen LogP contribution in [0.1, 0.15) is 23.2 Å². The fourth-order valence-electron chi connectivity index (χ4n) is 1.97. The fraction of sp³-hybridized carbons (Fsp3) is 0.462. The highest BCUT2D eigenvalue weighted by Gasteiger charge is 2.17. The summed E-state index contributed by atoms with van der Waals surface area (Å²) in [6, 6.07) is 6.60. The predicted molar refractivity (Wildman–Crippen MR) is 64.5 cm³/mol. The first-order valence-electron chi connectivity index (χ1n) is 5.84. The Labute approximate surface area is 101 Å². The van der Waals surface area contributed by atoms with Crippen LogP contribution in [-0.4, -0.2) is 42.2 Å². The summed E-state index contributed by atoms with van der Waals surface area (Å²) in [5, 5.41) is 8.78. The van der Waals surface area contributed by atoms with Crippen molar-refractivity contribution in [1.82, 2.24) is 4.90 Å². The molecule has 2 rings (SSSR count). The molecule has 1 heterocycles. The van der Waals surface area contributed by atoms with Gasteiger partial charge < -0.3 is 14.7 Å². The first kappa shape index (κ1) is 11.9. The van der Waals surface area contributed by atoms with Crippen molar-refractivity contribution >= 4 is 5.97 Å². The molecule has 0 unspecified atom stereocenters. The van der Waals surface area contributed by atoms with E-state index in [1.165, 1.54) is 0 Å². The number of hydrogen-bond acceptors (Lipinski definition) is 3. The molecule has 1 aliphatic heterocycles. The molecule has 4 nitrogen and oxygen atoms in total. The molecule has 0 bridgehead atoms. The van der Waals surface area contributed by atoms with Gasteiger partial charge in [-0.3, -0.25) is 0 Å². The van der Waals surface area contributed by atoms with Crippen molar-refractivity contribution in [2.45, 2.75) is 18.9 Å². The maximum atomic E-state index is 10.7. The van der Waals surface area contributed by atoms with Crippen LogP contribution in [0.15, 0.2) is 24.3 Å². The Kier molecular flexibility index (Phi) is 3.64. The Balaban J connectivity index is 1.92. The van der Waals surface area contributed by atoms with Gasteiger partial charge >= 0.3 is 5.97 Å². The van der Waals surface area contributed by atoms with E-state index in [0.29, 0.717) is 5.56 Å². The van der Waals surface area contributed by atoms with E-state index >= 15 is 0 Å². The van der Waals surface area contributed by atoms with Gasteiger partial charge in [0.25, 0.3) is 0 Å². The van der Waals surface area contributed by atoms with Crippen molar-refractivity contribution in [1.29, 1.82) is 0 Å². The zero-order valence-electron chi connectivity index (χ0n) is 9.93. The van der Waals surface area contributed by atoms with Gasteiger partial charge in [-0.05, 0) is 44.2 Å². The molecule has 1 aromatic rings. The highest BCUT2D eigenvalue weighted by atomic mass is 16.5. The Morgan fingerprint density at radius 1 is 1.29 bits per heavy atom. The van der Waals surface area contributed by atoms with Crippen molar-refractivity contribution in [2.75, 3.05) is 20.1 Å². The molecule has 17 heavy (non-hydrogen) atoms. The van der Waals surface area contributed by atoms with E-state index in [4.69, 9.17) is 9.84 Å². The number of carboxylic acids is 1. The third-order valence-corrected chi connectivity index (χ3v) is 3.07. The minimum atomic E-state index is -0.907. The van der Waals surface area contributed by atoms with Crippen LogP contribution in [0.25, 0.3) is 0 Å². The molecule has 1 N–H and O–H groups in total. The molecule has 1 aliphatic rings. The average Bonchev–Trinajstić information content (AvgIpc) is 2.33. The van der Waals surface area contributed by atoms with Gasteiger partial charge in [0.15, 0.2) is 0 Å². The Morgan fingerprint density at radius 3 is 2.41 bits per heavy atom.